The maximum absolute atomic E-state index is 13.8. The number of carbonyl (C=O) groups is 1. The minimum Gasteiger partial charge on any atom is -0.494 e. The van der Waals surface area contributed by atoms with Crippen molar-refractivity contribution < 1.29 is 14.3 Å². The summed E-state index contributed by atoms with van der Waals surface area (Å²) in [6, 6.07) is 17.2. The molecule has 1 amide bonds. The van der Waals surface area contributed by atoms with E-state index in [0.717, 1.165) is 46.7 Å². The van der Waals surface area contributed by atoms with Crippen LogP contribution in [0.15, 0.2) is 79.5 Å². The van der Waals surface area contributed by atoms with E-state index in [-0.39, 0.29) is 12.6 Å². The summed E-state index contributed by atoms with van der Waals surface area (Å²) in [5.74, 6) is 1.83. The lowest BCUT2D eigenvalue weighted by molar-refractivity contribution is 0.205. The van der Waals surface area contributed by atoms with Gasteiger partial charge in [-0.15, -0.1) is 0 Å². The molecule has 5 rings (SSSR count). The zero-order valence-corrected chi connectivity index (χ0v) is 25.9. The fourth-order valence-electron chi connectivity index (χ4n) is 5.68. The fraction of sp³-hybridized carbons (Fsp3) is 0.371. The zero-order chi connectivity index (χ0) is 30.7. The number of nitrogens with one attached hydrogen (secondary N) is 1. The second-order valence-corrected chi connectivity index (χ2v) is 11.4. The molecule has 0 radical (unpaired) electrons. The molecular weight excluding hydrogens is 552 g/mol. The van der Waals surface area contributed by atoms with Crippen LogP contribution in [0.4, 0.5) is 16.3 Å². The van der Waals surface area contributed by atoms with Crippen LogP contribution in [0.2, 0.25) is 0 Å². The van der Waals surface area contributed by atoms with Gasteiger partial charge in [-0.3, -0.25) is 9.88 Å². The number of piperidine rings is 1. The highest BCUT2D eigenvalue weighted by Crippen LogP contribution is 2.28. The van der Waals surface area contributed by atoms with Gasteiger partial charge in [0.1, 0.15) is 23.6 Å². The molecule has 1 unspecified atom stereocenters. The fourth-order valence-corrected chi connectivity index (χ4v) is 5.68. The molecule has 3 heterocycles. The van der Waals surface area contributed by atoms with Gasteiger partial charge < -0.3 is 19.7 Å². The van der Waals surface area contributed by atoms with E-state index >= 15 is 0 Å². The third-order valence-electron chi connectivity index (χ3n) is 7.84. The number of likely N-dealkylation sites (tertiary alicyclic amines) is 1. The van der Waals surface area contributed by atoms with Gasteiger partial charge in [-0.2, -0.15) is 0 Å². The first-order chi connectivity index (χ1) is 21.5. The Balaban J connectivity index is 1.30. The Labute approximate surface area is 260 Å². The van der Waals surface area contributed by atoms with E-state index in [1.165, 1.54) is 43.6 Å². The Morgan fingerprint density at radius 1 is 0.977 bits per heavy atom. The summed E-state index contributed by atoms with van der Waals surface area (Å²) in [6.07, 6.45) is 11.0. The summed E-state index contributed by atoms with van der Waals surface area (Å²) in [4.78, 5) is 30.6. The molecule has 0 saturated carbocycles. The van der Waals surface area contributed by atoms with E-state index in [2.05, 4.69) is 25.2 Å². The molecule has 1 aliphatic rings. The second-order valence-electron chi connectivity index (χ2n) is 11.4. The van der Waals surface area contributed by atoms with E-state index in [1.54, 1.807) is 24.7 Å². The van der Waals surface area contributed by atoms with E-state index in [1.807, 2.05) is 69.3 Å². The lowest BCUT2D eigenvalue weighted by Crippen LogP contribution is -2.39. The van der Waals surface area contributed by atoms with Crippen molar-refractivity contribution in [2.75, 3.05) is 43.0 Å². The molecule has 2 aromatic carbocycles. The van der Waals surface area contributed by atoms with Crippen molar-refractivity contribution in [2.24, 2.45) is 0 Å². The van der Waals surface area contributed by atoms with Crippen molar-refractivity contribution in [1.82, 2.24) is 19.9 Å². The second kappa shape index (κ2) is 15.3. The standard InChI is InChI=1S/C35H42N6O3/c1-26-21-27(2)34(28(3)22-26)44-35(42)41(33-14-16-37-25-38-33)24-32(29-9-7-15-36-23-29)39-30-10-12-31(13-11-30)43-20-8-19-40-17-5-4-6-18-40/h7,9-16,21-23,25,32,39H,4-6,8,17-20,24H2,1-3H3. The normalized spacial score (nSPS) is 14.1. The lowest BCUT2D eigenvalue weighted by atomic mass is 10.1. The van der Waals surface area contributed by atoms with Crippen LogP contribution in [0.1, 0.15) is 54.0 Å². The first-order valence-electron chi connectivity index (χ1n) is 15.4. The van der Waals surface area contributed by atoms with E-state index in [4.69, 9.17) is 9.47 Å². The molecule has 44 heavy (non-hydrogen) atoms. The summed E-state index contributed by atoms with van der Waals surface area (Å²) in [5, 5.41) is 3.59. The van der Waals surface area contributed by atoms with Gasteiger partial charge in [0, 0.05) is 30.8 Å². The molecule has 230 valence electrons. The number of amides is 1. The van der Waals surface area contributed by atoms with Gasteiger partial charge in [0.15, 0.2) is 0 Å². The van der Waals surface area contributed by atoms with Crippen molar-refractivity contribution in [3.63, 3.8) is 0 Å². The Morgan fingerprint density at radius 3 is 2.43 bits per heavy atom. The van der Waals surface area contributed by atoms with Crippen LogP contribution in [0, 0.1) is 20.8 Å². The highest BCUT2D eigenvalue weighted by molar-refractivity contribution is 5.88. The van der Waals surface area contributed by atoms with Gasteiger partial charge >= 0.3 is 6.09 Å². The van der Waals surface area contributed by atoms with Crippen LogP contribution in [-0.2, 0) is 0 Å². The molecule has 0 aliphatic carbocycles. The van der Waals surface area contributed by atoms with Gasteiger partial charge in [-0.05, 0) is 106 Å². The molecule has 4 aromatic rings. The Morgan fingerprint density at radius 2 is 1.75 bits per heavy atom. The van der Waals surface area contributed by atoms with Crippen LogP contribution in [0.25, 0.3) is 0 Å². The molecule has 9 heteroatoms. The summed E-state index contributed by atoms with van der Waals surface area (Å²) in [7, 11) is 0. The molecule has 1 fully saturated rings. The number of hydrogen-bond acceptors (Lipinski definition) is 8. The molecule has 1 N–H and O–H groups in total. The number of aryl methyl sites for hydroxylation is 3. The molecule has 9 nitrogen and oxygen atoms in total. The van der Waals surface area contributed by atoms with Gasteiger partial charge in [-0.25, -0.2) is 14.8 Å². The maximum Gasteiger partial charge on any atom is 0.421 e. The van der Waals surface area contributed by atoms with Crippen molar-refractivity contribution in [3.05, 3.63) is 102 Å². The average molecular weight is 595 g/mol. The number of rotatable bonds is 12. The Bertz CT molecular complexity index is 1450. The Kier molecular flexibility index (Phi) is 10.8. The summed E-state index contributed by atoms with van der Waals surface area (Å²) in [5.41, 5.74) is 4.71. The average Bonchev–Trinajstić information content (AvgIpc) is 3.05. The minimum atomic E-state index is -0.525. The predicted octanol–water partition coefficient (Wildman–Crippen LogP) is 6.91. The number of hydrogen-bond donors (Lipinski definition) is 1. The van der Waals surface area contributed by atoms with Crippen LogP contribution >= 0.6 is 0 Å². The van der Waals surface area contributed by atoms with E-state index < -0.39 is 6.09 Å². The quantitative estimate of drug-likeness (QED) is 0.177. The third-order valence-corrected chi connectivity index (χ3v) is 7.84. The molecule has 0 bridgehead atoms. The van der Waals surface area contributed by atoms with Gasteiger partial charge in [0.25, 0.3) is 0 Å². The lowest BCUT2D eigenvalue weighted by Gasteiger charge is -2.28. The largest absolute Gasteiger partial charge is 0.494 e. The molecule has 1 atom stereocenters. The van der Waals surface area contributed by atoms with E-state index in [0.29, 0.717) is 18.2 Å². The number of nitrogens with zero attached hydrogens (tertiary/aromatic N) is 5. The monoisotopic (exact) mass is 594 g/mol. The SMILES string of the molecule is Cc1cc(C)c(OC(=O)N(CC(Nc2ccc(OCCCN3CCCCC3)cc2)c2cccnc2)c2ccncn2)c(C)c1. The smallest absolute Gasteiger partial charge is 0.421 e. The number of benzene rings is 2. The topological polar surface area (TPSA) is 92.7 Å². The van der Waals surface area contributed by atoms with Crippen LogP contribution < -0.4 is 19.7 Å². The molecular formula is C35H42N6O3. The van der Waals surface area contributed by atoms with Gasteiger partial charge in [0.05, 0.1) is 19.2 Å². The highest BCUT2D eigenvalue weighted by atomic mass is 16.6. The number of pyridine rings is 1. The summed E-state index contributed by atoms with van der Waals surface area (Å²) < 4.78 is 12.0. The molecule has 1 saturated heterocycles. The Hall–Kier alpha value is -4.50. The van der Waals surface area contributed by atoms with Crippen molar-refractivity contribution in [1.29, 1.82) is 0 Å². The van der Waals surface area contributed by atoms with Crippen molar-refractivity contribution in [3.8, 4) is 11.5 Å². The predicted molar refractivity (Wildman–Crippen MR) is 174 cm³/mol. The molecule has 0 spiro atoms. The van der Waals surface area contributed by atoms with Crippen molar-refractivity contribution in [2.45, 2.75) is 52.5 Å². The van der Waals surface area contributed by atoms with Crippen LogP contribution in [0.3, 0.4) is 0 Å². The van der Waals surface area contributed by atoms with Crippen LogP contribution in [-0.4, -0.2) is 58.7 Å². The number of aromatic nitrogens is 3. The highest BCUT2D eigenvalue weighted by Gasteiger charge is 2.26. The number of ether oxygens (including phenoxy) is 2. The summed E-state index contributed by atoms with van der Waals surface area (Å²) in [6.45, 7) is 10.3. The van der Waals surface area contributed by atoms with Crippen LogP contribution in [0.5, 0.6) is 11.5 Å². The minimum absolute atomic E-state index is 0.236. The maximum atomic E-state index is 13.8. The molecule has 1 aliphatic heterocycles. The summed E-state index contributed by atoms with van der Waals surface area (Å²) >= 11 is 0. The first-order valence-corrected chi connectivity index (χ1v) is 15.4. The zero-order valence-electron chi connectivity index (χ0n) is 25.9. The number of carbonyl (C=O) groups excluding carboxylic acids is 1. The van der Waals surface area contributed by atoms with Gasteiger partial charge in [-0.1, -0.05) is 30.2 Å². The number of anilines is 2. The third kappa shape index (κ3) is 8.54. The molecule has 2 aromatic heterocycles. The van der Waals surface area contributed by atoms with E-state index in [9.17, 15) is 4.79 Å². The van der Waals surface area contributed by atoms with Crippen molar-refractivity contribution >= 4 is 17.6 Å². The first kappa shape index (κ1) is 30.9. The van der Waals surface area contributed by atoms with Gasteiger partial charge in [0.2, 0.25) is 0 Å².